The molecule has 0 radical (unpaired) electrons. The zero-order chi connectivity index (χ0) is 19.9. The molecular formula is C23H32N4O. The molecule has 1 aromatic carbocycles. The van der Waals surface area contributed by atoms with Crippen LogP contribution >= 0.6 is 0 Å². The van der Waals surface area contributed by atoms with Gasteiger partial charge in [-0.1, -0.05) is 44.2 Å². The quantitative estimate of drug-likeness (QED) is 0.801. The van der Waals surface area contributed by atoms with Crippen LogP contribution in [0.3, 0.4) is 0 Å². The molecule has 5 heteroatoms. The van der Waals surface area contributed by atoms with Crippen LogP contribution in [0.2, 0.25) is 0 Å². The Morgan fingerprint density at radius 1 is 1.04 bits per heavy atom. The van der Waals surface area contributed by atoms with Crippen molar-refractivity contribution >= 4 is 11.7 Å². The monoisotopic (exact) mass is 380 g/mol. The molecule has 0 aliphatic carbocycles. The first-order chi connectivity index (χ1) is 13.5. The largest absolute Gasteiger partial charge is 0.353 e. The summed E-state index contributed by atoms with van der Waals surface area (Å²) in [6.07, 6.45) is 2.98. The third kappa shape index (κ3) is 5.55. The summed E-state index contributed by atoms with van der Waals surface area (Å²) in [5, 5.41) is 3.55. The van der Waals surface area contributed by atoms with Crippen molar-refractivity contribution in [3.8, 4) is 0 Å². The van der Waals surface area contributed by atoms with Crippen molar-refractivity contribution in [2.45, 2.75) is 40.3 Å². The highest BCUT2D eigenvalue weighted by atomic mass is 16.2. The number of carbonyl (C=O) groups excluding carboxylic acids is 1. The fraction of sp³-hybridized carbons (Fsp3) is 0.478. The molecule has 2 heterocycles. The Bertz CT molecular complexity index is 764. The second-order valence-corrected chi connectivity index (χ2v) is 8.00. The number of aromatic nitrogens is 1. The van der Waals surface area contributed by atoms with Gasteiger partial charge in [-0.3, -0.25) is 4.79 Å². The molecule has 2 aromatic rings. The van der Waals surface area contributed by atoms with E-state index in [9.17, 15) is 4.79 Å². The van der Waals surface area contributed by atoms with Crippen molar-refractivity contribution in [1.82, 2.24) is 15.2 Å². The lowest BCUT2D eigenvalue weighted by Gasteiger charge is -2.35. The van der Waals surface area contributed by atoms with Crippen LogP contribution in [-0.2, 0) is 24.3 Å². The number of anilines is 1. The predicted octanol–water partition coefficient (Wildman–Crippen LogP) is 3.24. The maximum atomic E-state index is 11.5. The molecule has 0 saturated carbocycles. The van der Waals surface area contributed by atoms with Gasteiger partial charge < -0.3 is 15.1 Å². The van der Waals surface area contributed by atoms with E-state index >= 15 is 0 Å². The van der Waals surface area contributed by atoms with Crippen LogP contribution in [0.1, 0.15) is 37.5 Å². The van der Waals surface area contributed by atoms with E-state index in [0.717, 1.165) is 51.5 Å². The normalized spacial score (nSPS) is 14.6. The van der Waals surface area contributed by atoms with E-state index in [1.165, 1.54) is 16.7 Å². The zero-order valence-electron chi connectivity index (χ0n) is 17.3. The van der Waals surface area contributed by atoms with Crippen LogP contribution < -0.4 is 10.2 Å². The molecule has 1 aliphatic heterocycles. The SMILES string of the molecule is CC(=O)N1CCN(c2ncccc2CNCc2ccc(CC(C)C)cc2)CC1. The number of nitrogens with one attached hydrogen (secondary N) is 1. The average Bonchev–Trinajstić information content (AvgIpc) is 2.69. The lowest BCUT2D eigenvalue weighted by molar-refractivity contribution is -0.129. The van der Waals surface area contributed by atoms with Crippen molar-refractivity contribution in [2.24, 2.45) is 5.92 Å². The van der Waals surface area contributed by atoms with Crippen LogP contribution in [0.25, 0.3) is 0 Å². The minimum Gasteiger partial charge on any atom is -0.353 e. The molecule has 0 spiro atoms. The number of piperazine rings is 1. The van der Waals surface area contributed by atoms with E-state index in [-0.39, 0.29) is 5.91 Å². The third-order valence-corrected chi connectivity index (χ3v) is 5.20. The molecule has 0 bridgehead atoms. The summed E-state index contributed by atoms with van der Waals surface area (Å²) in [5.41, 5.74) is 3.90. The van der Waals surface area contributed by atoms with E-state index in [1.807, 2.05) is 17.2 Å². The smallest absolute Gasteiger partial charge is 0.219 e. The van der Waals surface area contributed by atoms with Crippen LogP contribution in [0.5, 0.6) is 0 Å². The molecule has 1 N–H and O–H groups in total. The second-order valence-electron chi connectivity index (χ2n) is 8.00. The van der Waals surface area contributed by atoms with E-state index in [2.05, 4.69) is 59.4 Å². The number of rotatable bonds is 7. The molecule has 150 valence electrons. The van der Waals surface area contributed by atoms with Gasteiger partial charge in [-0.2, -0.15) is 0 Å². The zero-order valence-corrected chi connectivity index (χ0v) is 17.3. The molecule has 1 saturated heterocycles. The van der Waals surface area contributed by atoms with Crippen molar-refractivity contribution in [1.29, 1.82) is 0 Å². The van der Waals surface area contributed by atoms with Crippen LogP contribution in [0.4, 0.5) is 5.82 Å². The maximum Gasteiger partial charge on any atom is 0.219 e. The second kappa shape index (κ2) is 9.69. The molecule has 0 unspecified atom stereocenters. The number of carbonyl (C=O) groups is 1. The van der Waals surface area contributed by atoms with Gasteiger partial charge in [0.1, 0.15) is 5.82 Å². The summed E-state index contributed by atoms with van der Waals surface area (Å²) in [5.74, 6) is 1.87. The van der Waals surface area contributed by atoms with E-state index in [1.54, 1.807) is 6.92 Å². The summed E-state index contributed by atoms with van der Waals surface area (Å²) < 4.78 is 0. The fourth-order valence-corrected chi connectivity index (χ4v) is 3.69. The average molecular weight is 381 g/mol. The molecule has 1 aliphatic rings. The Morgan fingerprint density at radius 2 is 1.71 bits per heavy atom. The topological polar surface area (TPSA) is 48.5 Å². The van der Waals surface area contributed by atoms with Crippen molar-refractivity contribution in [2.75, 3.05) is 31.1 Å². The van der Waals surface area contributed by atoms with E-state index in [4.69, 9.17) is 0 Å². The number of pyridine rings is 1. The number of amides is 1. The number of nitrogens with zero attached hydrogens (tertiary/aromatic N) is 3. The van der Waals surface area contributed by atoms with Gasteiger partial charge in [0.25, 0.3) is 0 Å². The first-order valence-corrected chi connectivity index (χ1v) is 10.3. The van der Waals surface area contributed by atoms with Crippen molar-refractivity contribution in [3.05, 3.63) is 59.3 Å². The summed E-state index contributed by atoms with van der Waals surface area (Å²) in [7, 11) is 0. The summed E-state index contributed by atoms with van der Waals surface area (Å²) in [4.78, 5) is 20.4. The van der Waals surface area contributed by atoms with Gasteiger partial charge in [0.15, 0.2) is 0 Å². The Labute approximate surface area is 168 Å². The number of hydrogen-bond acceptors (Lipinski definition) is 4. The third-order valence-electron chi connectivity index (χ3n) is 5.20. The summed E-state index contributed by atoms with van der Waals surface area (Å²) in [6.45, 7) is 11.0. The van der Waals surface area contributed by atoms with Gasteiger partial charge in [0.05, 0.1) is 0 Å². The Kier molecular flexibility index (Phi) is 7.04. The fourth-order valence-electron chi connectivity index (χ4n) is 3.69. The first kappa shape index (κ1) is 20.3. The molecule has 5 nitrogen and oxygen atoms in total. The molecule has 28 heavy (non-hydrogen) atoms. The van der Waals surface area contributed by atoms with Gasteiger partial charge in [-0.15, -0.1) is 0 Å². The van der Waals surface area contributed by atoms with Crippen LogP contribution in [-0.4, -0.2) is 42.0 Å². The summed E-state index contributed by atoms with van der Waals surface area (Å²) in [6, 6.07) is 13.0. The van der Waals surface area contributed by atoms with Gasteiger partial charge in [-0.25, -0.2) is 4.98 Å². The Balaban J connectivity index is 1.55. The Hall–Kier alpha value is -2.40. The molecule has 3 rings (SSSR count). The summed E-state index contributed by atoms with van der Waals surface area (Å²) >= 11 is 0. The molecule has 1 amide bonds. The van der Waals surface area contributed by atoms with Crippen molar-refractivity contribution in [3.63, 3.8) is 0 Å². The van der Waals surface area contributed by atoms with Crippen molar-refractivity contribution < 1.29 is 4.79 Å². The minimum atomic E-state index is 0.155. The van der Waals surface area contributed by atoms with Gasteiger partial charge in [0.2, 0.25) is 5.91 Å². The maximum absolute atomic E-state index is 11.5. The lowest BCUT2D eigenvalue weighted by Crippen LogP contribution is -2.48. The minimum absolute atomic E-state index is 0.155. The molecule has 1 aromatic heterocycles. The predicted molar refractivity (Wildman–Crippen MR) is 114 cm³/mol. The van der Waals surface area contributed by atoms with Crippen LogP contribution in [0, 0.1) is 5.92 Å². The first-order valence-electron chi connectivity index (χ1n) is 10.3. The highest BCUT2D eigenvalue weighted by Crippen LogP contribution is 2.19. The molecule has 1 fully saturated rings. The van der Waals surface area contributed by atoms with E-state index < -0.39 is 0 Å². The highest BCUT2D eigenvalue weighted by molar-refractivity contribution is 5.73. The van der Waals surface area contributed by atoms with Gasteiger partial charge >= 0.3 is 0 Å². The van der Waals surface area contributed by atoms with Gasteiger partial charge in [-0.05, 0) is 29.5 Å². The number of benzene rings is 1. The molecular weight excluding hydrogens is 348 g/mol. The Morgan fingerprint density at radius 3 is 2.36 bits per heavy atom. The standard InChI is InChI=1S/C23H32N4O/c1-18(2)15-20-6-8-21(9-7-20)16-24-17-22-5-4-10-25-23(22)27-13-11-26(12-14-27)19(3)28/h4-10,18,24H,11-17H2,1-3H3. The number of hydrogen-bond donors (Lipinski definition) is 1. The van der Waals surface area contributed by atoms with Gasteiger partial charge in [0, 0.05) is 58.0 Å². The highest BCUT2D eigenvalue weighted by Gasteiger charge is 2.21. The van der Waals surface area contributed by atoms with E-state index in [0.29, 0.717) is 5.92 Å². The lowest BCUT2D eigenvalue weighted by atomic mass is 10.0. The molecule has 0 atom stereocenters. The van der Waals surface area contributed by atoms with Crippen LogP contribution in [0.15, 0.2) is 42.6 Å².